The Balaban J connectivity index is 2.36. The summed E-state index contributed by atoms with van der Waals surface area (Å²) in [4.78, 5) is 4.08. The largest absolute Gasteiger partial charge is 0.395 e. The summed E-state index contributed by atoms with van der Waals surface area (Å²) < 4.78 is 1.50. The van der Waals surface area contributed by atoms with Crippen LogP contribution in [-0.2, 0) is 7.05 Å². The molecule has 0 amide bonds. The summed E-state index contributed by atoms with van der Waals surface area (Å²) in [5.41, 5.74) is 6.52. The van der Waals surface area contributed by atoms with Gasteiger partial charge in [0.05, 0.1) is 11.3 Å². The zero-order chi connectivity index (χ0) is 11.5. The molecule has 0 aromatic carbocycles. The second-order valence-corrected chi connectivity index (χ2v) is 3.83. The number of hydrogen-bond donors (Lipinski definition) is 1. The third-order valence-electron chi connectivity index (χ3n) is 1.84. The van der Waals surface area contributed by atoms with Gasteiger partial charge in [0.1, 0.15) is 11.1 Å². The minimum atomic E-state index is 0.345. The minimum Gasteiger partial charge on any atom is -0.395 e. The summed E-state index contributed by atoms with van der Waals surface area (Å²) in [6.45, 7) is 0. The maximum Gasteiger partial charge on any atom is 0.215 e. The molecule has 0 aliphatic rings. The smallest absolute Gasteiger partial charge is 0.215 e. The van der Waals surface area contributed by atoms with Crippen LogP contribution in [0.25, 0.3) is 0 Å². The first-order chi connectivity index (χ1) is 7.72. The second kappa shape index (κ2) is 4.16. The maximum absolute atomic E-state index is 8.81. The summed E-state index contributed by atoms with van der Waals surface area (Å²) in [7, 11) is 1.71. The molecule has 0 aliphatic heterocycles. The van der Waals surface area contributed by atoms with Crippen LogP contribution in [0.4, 0.5) is 5.69 Å². The van der Waals surface area contributed by atoms with E-state index in [1.807, 2.05) is 6.07 Å². The van der Waals surface area contributed by atoms with Gasteiger partial charge in [-0.25, -0.2) is 9.67 Å². The molecule has 2 aromatic rings. The second-order valence-electron chi connectivity index (χ2n) is 2.88. The predicted molar refractivity (Wildman–Crippen MR) is 56.3 cm³/mol. The number of nitriles is 1. The maximum atomic E-state index is 8.81. The number of nitrogen functional groups attached to an aromatic ring is 1. The van der Waals surface area contributed by atoms with Gasteiger partial charge in [0.2, 0.25) is 5.16 Å². The molecule has 0 saturated carbocycles. The molecule has 0 saturated heterocycles. The van der Waals surface area contributed by atoms with E-state index < -0.39 is 0 Å². The van der Waals surface area contributed by atoms with Crippen molar-refractivity contribution in [1.29, 1.82) is 5.26 Å². The Hall–Kier alpha value is -2.14. The van der Waals surface area contributed by atoms with Crippen molar-refractivity contribution in [2.75, 3.05) is 5.73 Å². The van der Waals surface area contributed by atoms with Crippen molar-refractivity contribution in [2.45, 2.75) is 10.2 Å². The average molecular weight is 233 g/mol. The number of hydrogen-bond acceptors (Lipinski definition) is 7. The van der Waals surface area contributed by atoms with Crippen molar-refractivity contribution in [3.63, 3.8) is 0 Å². The highest BCUT2D eigenvalue weighted by Crippen LogP contribution is 2.29. The molecule has 8 heteroatoms. The van der Waals surface area contributed by atoms with Gasteiger partial charge in [-0.1, -0.05) is 0 Å². The lowest BCUT2D eigenvalue weighted by Gasteiger charge is -2.03. The van der Waals surface area contributed by atoms with E-state index in [-0.39, 0.29) is 0 Å². The molecule has 7 nitrogen and oxygen atoms in total. The molecular weight excluding hydrogens is 226 g/mol. The van der Waals surface area contributed by atoms with Crippen LogP contribution in [-0.4, -0.2) is 25.2 Å². The van der Waals surface area contributed by atoms with Gasteiger partial charge in [0, 0.05) is 13.2 Å². The normalized spacial score (nSPS) is 10.0. The molecule has 16 heavy (non-hydrogen) atoms. The molecule has 0 bridgehead atoms. The van der Waals surface area contributed by atoms with E-state index in [0.29, 0.717) is 21.4 Å². The SMILES string of the molecule is Cn1nnnc1Sc1nccc(C#N)c1N. The van der Waals surface area contributed by atoms with E-state index in [2.05, 4.69) is 20.5 Å². The Labute approximate surface area is 95.3 Å². The van der Waals surface area contributed by atoms with Crippen LogP contribution in [0.5, 0.6) is 0 Å². The molecule has 2 heterocycles. The summed E-state index contributed by atoms with van der Waals surface area (Å²) in [5, 5.41) is 20.9. The van der Waals surface area contributed by atoms with Gasteiger partial charge in [0.15, 0.2) is 0 Å². The monoisotopic (exact) mass is 233 g/mol. The van der Waals surface area contributed by atoms with E-state index in [1.54, 1.807) is 13.1 Å². The van der Waals surface area contributed by atoms with Crippen LogP contribution in [0.3, 0.4) is 0 Å². The summed E-state index contributed by atoms with van der Waals surface area (Å²) in [6, 6.07) is 3.56. The number of rotatable bonds is 2. The fourth-order valence-electron chi connectivity index (χ4n) is 1.03. The van der Waals surface area contributed by atoms with Gasteiger partial charge >= 0.3 is 0 Å². The first kappa shape index (κ1) is 10.4. The van der Waals surface area contributed by atoms with Crippen molar-refractivity contribution >= 4 is 17.4 Å². The number of nitrogens with two attached hydrogens (primary N) is 1. The zero-order valence-electron chi connectivity index (χ0n) is 8.32. The molecule has 2 aromatic heterocycles. The van der Waals surface area contributed by atoms with Crippen LogP contribution in [0.1, 0.15) is 5.56 Å². The molecule has 80 valence electrons. The van der Waals surface area contributed by atoms with E-state index in [9.17, 15) is 0 Å². The Morgan fingerprint density at radius 3 is 3.00 bits per heavy atom. The zero-order valence-corrected chi connectivity index (χ0v) is 9.14. The molecule has 0 unspecified atom stereocenters. The third-order valence-corrected chi connectivity index (χ3v) is 2.89. The molecular formula is C8H7N7S. The van der Waals surface area contributed by atoms with Gasteiger partial charge in [-0.15, -0.1) is 5.10 Å². The highest BCUT2D eigenvalue weighted by atomic mass is 32.2. The minimum absolute atomic E-state index is 0.345. The van der Waals surface area contributed by atoms with Crippen LogP contribution in [0, 0.1) is 11.3 Å². The Morgan fingerprint density at radius 2 is 2.38 bits per heavy atom. The van der Waals surface area contributed by atoms with E-state index in [0.717, 1.165) is 0 Å². The number of tetrazole rings is 1. The van der Waals surface area contributed by atoms with Gasteiger partial charge < -0.3 is 5.73 Å². The predicted octanol–water partition coefficient (Wildman–Crippen LogP) is 0.210. The lowest BCUT2D eigenvalue weighted by molar-refractivity contribution is 0.664. The number of anilines is 1. The third kappa shape index (κ3) is 1.80. The van der Waals surface area contributed by atoms with Gasteiger partial charge in [0.25, 0.3) is 0 Å². The summed E-state index contributed by atoms with van der Waals surface area (Å²) in [5.74, 6) is 0. The van der Waals surface area contributed by atoms with Crippen molar-refractivity contribution < 1.29 is 0 Å². The van der Waals surface area contributed by atoms with Crippen molar-refractivity contribution in [2.24, 2.45) is 7.05 Å². The first-order valence-corrected chi connectivity index (χ1v) is 5.09. The standard InChI is InChI=1S/C8H7N7S/c1-15-8(12-13-14-15)16-7-6(10)5(4-9)2-3-11-7/h2-3H,10H2,1H3. The number of aromatic nitrogens is 5. The lowest BCUT2D eigenvalue weighted by Crippen LogP contribution is -1.98. The van der Waals surface area contributed by atoms with Gasteiger partial charge in [-0.05, 0) is 28.3 Å². The van der Waals surface area contributed by atoms with Crippen LogP contribution < -0.4 is 5.73 Å². The van der Waals surface area contributed by atoms with Crippen LogP contribution >= 0.6 is 11.8 Å². The molecule has 0 aliphatic carbocycles. The Kier molecular flexibility index (Phi) is 2.70. The quantitative estimate of drug-likeness (QED) is 0.790. The molecule has 2 N–H and O–H groups in total. The number of nitrogens with zero attached hydrogens (tertiary/aromatic N) is 6. The highest BCUT2D eigenvalue weighted by Gasteiger charge is 2.11. The fraction of sp³-hybridized carbons (Fsp3) is 0.125. The van der Waals surface area contributed by atoms with E-state index >= 15 is 0 Å². The molecule has 0 spiro atoms. The first-order valence-electron chi connectivity index (χ1n) is 4.27. The van der Waals surface area contributed by atoms with Gasteiger partial charge in [-0.3, -0.25) is 0 Å². The average Bonchev–Trinajstić information content (AvgIpc) is 2.68. The Morgan fingerprint density at radius 1 is 1.56 bits per heavy atom. The molecule has 0 atom stereocenters. The van der Waals surface area contributed by atoms with Crippen molar-refractivity contribution in [1.82, 2.24) is 25.2 Å². The van der Waals surface area contributed by atoms with Crippen molar-refractivity contribution in [3.05, 3.63) is 17.8 Å². The van der Waals surface area contributed by atoms with Gasteiger partial charge in [-0.2, -0.15) is 5.26 Å². The van der Waals surface area contributed by atoms with Crippen LogP contribution in [0.15, 0.2) is 22.4 Å². The summed E-state index contributed by atoms with van der Waals surface area (Å²) >= 11 is 1.22. The topological polar surface area (TPSA) is 106 Å². The molecule has 2 rings (SSSR count). The highest BCUT2D eigenvalue weighted by molar-refractivity contribution is 7.99. The Bertz CT molecular complexity index is 556. The number of pyridine rings is 1. The van der Waals surface area contributed by atoms with E-state index in [1.165, 1.54) is 22.6 Å². The molecule has 0 radical (unpaired) electrons. The van der Waals surface area contributed by atoms with Crippen LogP contribution in [0.2, 0.25) is 0 Å². The van der Waals surface area contributed by atoms with E-state index in [4.69, 9.17) is 11.0 Å². The van der Waals surface area contributed by atoms with Crippen molar-refractivity contribution in [3.8, 4) is 6.07 Å². The number of aryl methyl sites for hydroxylation is 1. The lowest BCUT2D eigenvalue weighted by atomic mass is 10.2. The summed E-state index contributed by atoms with van der Waals surface area (Å²) in [6.07, 6.45) is 1.53. The fourth-order valence-corrected chi connectivity index (χ4v) is 1.78. The molecule has 0 fully saturated rings.